The third-order valence-electron chi connectivity index (χ3n) is 16.7. The molecule has 16 rings (SSSR count). The third kappa shape index (κ3) is 6.80. The summed E-state index contributed by atoms with van der Waals surface area (Å²) in [7, 11) is 0. The Morgan fingerprint density at radius 3 is 1.44 bits per heavy atom. The highest BCUT2D eigenvalue weighted by Gasteiger charge is 2.27. The molecule has 1 aromatic heterocycles. The number of hydrogen-bond donors (Lipinski definition) is 0. The van der Waals surface area contributed by atoms with E-state index in [0.717, 1.165) is 39.8 Å². The molecule has 0 bridgehead atoms. The van der Waals surface area contributed by atoms with Crippen LogP contribution in [0.1, 0.15) is 37.5 Å². The molecule has 0 aliphatic heterocycles. The zero-order valence-corrected chi connectivity index (χ0v) is 43.0. The molecule has 0 radical (unpaired) electrons. The van der Waals surface area contributed by atoms with Gasteiger partial charge in [-0.05, 0) is 185 Å². The molecule has 0 fully saturated rings. The van der Waals surface area contributed by atoms with Crippen LogP contribution >= 0.6 is 0 Å². The van der Waals surface area contributed by atoms with Crippen LogP contribution in [-0.2, 0) is 11.8 Å². The van der Waals surface area contributed by atoms with Gasteiger partial charge in [-0.25, -0.2) is 15.0 Å². The monoisotopic (exact) mass is 979 g/mol. The van der Waals surface area contributed by atoms with Crippen LogP contribution in [0.3, 0.4) is 0 Å². The predicted octanol–water partition coefficient (Wildman–Crippen LogP) is 19.6. The van der Waals surface area contributed by atoms with Gasteiger partial charge in [0.25, 0.3) is 0 Å². The molecule has 0 amide bonds. The average molecular weight is 980 g/mol. The van der Waals surface area contributed by atoms with Gasteiger partial charge >= 0.3 is 0 Å². The molecule has 1 heterocycles. The maximum atomic E-state index is 5.34. The van der Waals surface area contributed by atoms with E-state index in [1.807, 2.05) is 36.4 Å². The minimum atomic E-state index is -0.0250. The SMILES string of the molecule is CC(C)(C)c1cc2ccc3ccc4c(-c5cc(-c6ccc(-c7ccc8c(c7)Cc7ccccc7-8)c(-c7ccccc7)c6)cc(-c6nc(-c7ccccc7)nc(-c7ccccc7)n6)c5)cc5ccc6ccc1c1c6c5c4c3c21. The van der Waals surface area contributed by atoms with Crippen molar-refractivity contribution in [1.29, 1.82) is 0 Å². The molecule has 3 heteroatoms. The molecule has 0 N–H and O–H groups in total. The summed E-state index contributed by atoms with van der Waals surface area (Å²) in [6.45, 7) is 7.04. The number of nitrogens with zero attached hydrogens (tertiary/aromatic N) is 3. The number of rotatable bonds is 7. The summed E-state index contributed by atoms with van der Waals surface area (Å²) in [6.07, 6.45) is 0.943. The lowest BCUT2D eigenvalue weighted by Gasteiger charge is -2.27. The van der Waals surface area contributed by atoms with E-state index in [0.29, 0.717) is 17.5 Å². The second kappa shape index (κ2) is 16.5. The Bertz CT molecular complexity index is 4760. The van der Waals surface area contributed by atoms with Gasteiger partial charge in [0.1, 0.15) is 0 Å². The highest BCUT2D eigenvalue weighted by molar-refractivity contribution is 6.45. The normalized spacial score (nSPS) is 12.6. The first-order chi connectivity index (χ1) is 37.8. The van der Waals surface area contributed by atoms with Gasteiger partial charge < -0.3 is 0 Å². The van der Waals surface area contributed by atoms with Gasteiger partial charge in [-0.1, -0.05) is 215 Å². The van der Waals surface area contributed by atoms with Crippen molar-refractivity contribution in [1.82, 2.24) is 15.0 Å². The van der Waals surface area contributed by atoms with Crippen molar-refractivity contribution < 1.29 is 0 Å². The first-order valence-electron chi connectivity index (χ1n) is 26.9. The summed E-state index contributed by atoms with van der Waals surface area (Å²) in [5.41, 5.74) is 18.8. The average Bonchev–Trinajstić information content (AvgIpc) is 3.87. The van der Waals surface area contributed by atoms with E-state index in [1.165, 1.54) is 120 Å². The number of fused-ring (bicyclic) bond motifs is 3. The number of benzene rings is 14. The van der Waals surface area contributed by atoms with Crippen LogP contribution < -0.4 is 0 Å². The van der Waals surface area contributed by atoms with Crippen molar-refractivity contribution in [3.05, 3.63) is 247 Å². The van der Waals surface area contributed by atoms with Crippen molar-refractivity contribution >= 4 is 64.6 Å². The molecule has 14 aromatic carbocycles. The molecular weight excluding hydrogens is 931 g/mol. The van der Waals surface area contributed by atoms with Gasteiger partial charge in [0.15, 0.2) is 17.5 Å². The van der Waals surface area contributed by atoms with Gasteiger partial charge in [0.05, 0.1) is 0 Å². The maximum Gasteiger partial charge on any atom is 0.164 e. The number of aromatic nitrogens is 3. The van der Waals surface area contributed by atoms with E-state index in [9.17, 15) is 0 Å². The fraction of sp³-hybridized carbons (Fsp3) is 0.0676. The fourth-order valence-electron chi connectivity index (χ4n) is 13.1. The molecule has 77 heavy (non-hydrogen) atoms. The molecular formula is C74H49N3. The Labute approximate surface area is 446 Å². The first kappa shape index (κ1) is 43.8. The standard InChI is InChI=1S/C74H49N3/c1-74(2,3)64-42-52-26-24-44-27-33-60-63(41-51-25-23-45-28-34-61(64)70-66(45)67(51)69(60)65(44)68(52)70)55-37-53(38-56(39-55)73-76-71(46-17-9-5-10-18-46)75-72(77-73)47-19-11-6-12-20-47)48-29-31-58(62(40-48)43-15-7-4-8-16-43)50-30-32-59-54(36-50)35-49-21-13-14-22-57(49)59/h4-34,36-42H,35H2,1-3H3. The zero-order chi connectivity index (χ0) is 51.1. The van der Waals surface area contributed by atoms with Crippen molar-refractivity contribution in [2.24, 2.45) is 0 Å². The lowest BCUT2D eigenvalue weighted by atomic mass is 9.76. The molecule has 0 unspecified atom stereocenters. The van der Waals surface area contributed by atoms with E-state index in [-0.39, 0.29) is 5.41 Å². The van der Waals surface area contributed by atoms with Crippen LogP contribution in [0.5, 0.6) is 0 Å². The van der Waals surface area contributed by atoms with Crippen LogP contribution in [0.4, 0.5) is 0 Å². The molecule has 0 spiro atoms. The van der Waals surface area contributed by atoms with Crippen molar-refractivity contribution in [3.63, 3.8) is 0 Å². The van der Waals surface area contributed by atoms with Crippen molar-refractivity contribution in [2.45, 2.75) is 32.6 Å². The van der Waals surface area contributed by atoms with E-state index in [4.69, 9.17) is 15.0 Å². The summed E-state index contributed by atoms with van der Waals surface area (Å²) in [6, 6.07) is 85.1. The van der Waals surface area contributed by atoms with Crippen LogP contribution in [0, 0.1) is 0 Å². The molecule has 1 aliphatic rings. The second-order valence-electron chi connectivity index (χ2n) is 22.3. The molecule has 360 valence electrons. The van der Waals surface area contributed by atoms with Crippen LogP contribution in [0.2, 0.25) is 0 Å². The molecule has 3 nitrogen and oxygen atoms in total. The Balaban J connectivity index is 0.963. The first-order valence-corrected chi connectivity index (χ1v) is 26.9. The highest BCUT2D eigenvalue weighted by Crippen LogP contribution is 2.53. The van der Waals surface area contributed by atoms with Crippen LogP contribution in [0.15, 0.2) is 231 Å². The van der Waals surface area contributed by atoms with E-state index in [1.54, 1.807) is 0 Å². The van der Waals surface area contributed by atoms with Gasteiger partial charge in [-0.3, -0.25) is 0 Å². The van der Waals surface area contributed by atoms with E-state index in [2.05, 4.69) is 215 Å². The minimum Gasteiger partial charge on any atom is -0.208 e. The van der Waals surface area contributed by atoms with Crippen LogP contribution in [-0.4, -0.2) is 15.0 Å². The third-order valence-corrected chi connectivity index (χ3v) is 16.7. The summed E-state index contributed by atoms with van der Waals surface area (Å²) in [5.74, 6) is 1.89. The molecule has 0 atom stereocenters. The molecule has 15 aromatic rings. The number of hydrogen-bond acceptors (Lipinski definition) is 3. The maximum absolute atomic E-state index is 5.34. The molecule has 0 saturated heterocycles. The summed E-state index contributed by atoms with van der Waals surface area (Å²) >= 11 is 0. The Kier molecular flexibility index (Phi) is 9.36. The van der Waals surface area contributed by atoms with Crippen molar-refractivity contribution in [2.75, 3.05) is 0 Å². The van der Waals surface area contributed by atoms with Gasteiger partial charge in [0, 0.05) is 16.7 Å². The topological polar surface area (TPSA) is 38.7 Å². The predicted molar refractivity (Wildman–Crippen MR) is 323 cm³/mol. The van der Waals surface area contributed by atoms with E-state index >= 15 is 0 Å². The molecule has 1 aliphatic carbocycles. The van der Waals surface area contributed by atoms with Gasteiger partial charge in [-0.15, -0.1) is 0 Å². The minimum absolute atomic E-state index is 0.0250. The Morgan fingerprint density at radius 2 is 0.766 bits per heavy atom. The largest absolute Gasteiger partial charge is 0.208 e. The Morgan fingerprint density at radius 1 is 0.273 bits per heavy atom. The second-order valence-corrected chi connectivity index (χ2v) is 22.3. The molecule has 0 saturated carbocycles. The fourth-order valence-corrected chi connectivity index (χ4v) is 13.1. The zero-order valence-electron chi connectivity index (χ0n) is 43.0. The summed E-state index contributed by atoms with van der Waals surface area (Å²) in [5, 5.41) is 15.8. The summed E-state index contributed by atoms with van der Waals surface area (Å²) < 4.78 is 0. The van der Waals surface area contributed by atoms with E-state index < -0.39 is 0 Å². The lowest BCUT2D eigenvalue weighted by Crippen LogP contribution is -2.12. The Hall–Kier alpha value is -9.57. The van der Waals surface area contributed by atoms with Gasteiger partial charge in [-0.2, -0.15) is 0 Å². The summed E-state index contributed by atoms with van der Waals surface area (Å²) in [4.78, 5) is 15.8. The van der Waals surface area contributed by atoms with Crippen molar-refractivity contribution in [3.8, 4) is 89.8 Å². The lowest BCUT2D eigenvalue weighted by molar-refractivity contribution is 0.596. The van der Waals surface area contributed by atoms with Gasteiger partial charge in [0.2, 0.25) is 0 Å². The van der Waals surface area contributed by atoms with Crippen LogP contribution in [0.25, 0.3) is 154 Å². The highest BCUT2D eigenvalue weighted by atomic mass is 15.0. The quantitative estimate of drug-likeness (QED) is 0.118. The smallest absolute Gasteiger partial charge is 0.164 e.